The van der Waals surface area contributed by atoms with Crippen LogP contribution in [0.1, 0.15) is 41.4 Å². The standard InChI is InChI=1S/C36H26O6/c1-41-35-31(27-11-3-23(19-37)4-12-27)33(29-15-7-25(21-39)8-16-29)36(42-2)34(30-17-9-26(22-40)10-18-30)32(35)28-13-5-24(20-38)6-14-28/h3-22H,1-2H3. The molecule has 42 heavy (non-hydrogen) atoms. The Kier molecular flexibility index (Phi) is 8.16. The lowest BCUT2D eigenvalue weighted by molar-refractivity contribution is 0.111. The van der Waals surface area contributed by atoms with Gasteiger partial charge in [-0.3, -0.25) is 19.2 Å². The van der Waals surface area contributed by atoms with Crippen LogP contribution in [0.15, 0.2) is 97.1 Å². The Balaban J connectivity index is 1.99. The van der Waals surface area contributed by atoms with Crippen molar-refractivity contribution in [2.75, 3.05) is 14.2 Å². The van der Waals surface area contributed by atoms with Crippen LogP contribution in [0.25, 0.3) is 44.5 Å². The molecule has 0 bridgehead atoms. The summed E-state index contributed by atoms with van der Waals surface area (Å²) >= 11 is 0. The maximum atomic E-state index is 11.4. The van der Waals surface area contributed by atoms with Crippen molar-refractivity contribution in [3.63, 3.8) is 0 Å². The molecule has 0 fully saturated rings. The highest BCUT2D eigenvalue weighted by atomic mass is 16.5. The minimum absolute atomic E-state index is 0.526. The Morgan fingerprint density at radius 1 is 0.357 bits per heavy atom. The minimum Gasteiger partial charge on any atom is -0.495 e. The van der Waals surface area contributed by atoms with Gasteiger partial charge in [-0.25, -0.2) is 0 Å². The van der Waals surface area contributed by atoms with E-state index >= 15 is 0 Å². The van der Waals surface area contributed by atoms with Gasteiger partial charge in [0.05, 0.1) is 14.2 Å². The van der Waals surface area contributed by atoms with Crippen LogP contribution in [-0.4, -0.2) is 39.4 Å². The number of rotatable bonds is 10. The molecule has 0 saturated carbocycles. The van der Waals surface area contributed by atoms with E-state index in [1.807, 2.05) is 48.5 Å². The number of carbonyl (C=O) groups is 4. The zero-order valence-electron chi connectivity index (χ0n) is 23.0. The van der Waals surface area contributed by atoms with Crippen LogP contribution in [0.5, 0.6) is 11.5 Å². The molecule has 0 radical (unpaired) electrons. The van der Waals surface area contributed by atoms with Gasteiger partial charge in [-0.2, -0.15) is 0 Å². The van der Waals surface area contributed by atoms with Gasteiger partial charge in [0, 0.05) is 44.5 Å². The number of benzene rings is 5. The van der Waals surface area contributed by atoms with Crippen LogP contribution in [0, 0.1) is 0 Å². The lowest BCUT2D eigenvalue weighted by Gasteiger charge is -2.26. The Morgan fingerprint density at radius 2 is 0.548 bits per heavy atom. The molecule has 0 spiro atoms. The van der Waals surface area contributed by atoms with E-state index in [2.05, 4.69) is 0 Å². The number of aldehydes is 4. The van der Waals surface area contributed by atoms with E-state index in [0.29, 0.717) is 56.0 Å². The van der Waals surface area contributed by atoms with Crippen molar-refractivity contribution in [2.24, 2.45) is 0 Å². The van der Waals surface area contributed by atoms with Crippen LogP contribution in [-0.2, 0) is 0 Å². The summed E-state index contributed by atoms with van der Waals surface area (Å²) in [4.78, 5) is 45.8. The summed E-state index contributed by atoms with van der Waals surface area (Å²) < 4.78 is 12.4. The van der Waals surface area contributed by atoms with Crippen molar-refractivity contribution < 1.29 is 28.7 Å². The van der Waals surface area contributed by atoms with Gasteiger partial charge in [-0.1, -0.05) is 97.1 Å². The van der Waals surface area contributed by atoms with Gasteiger partial charge in [0.2, 0.25) is 0 Å². The fraction of sp³-hybridized carbons (Fsp3) is 0.0556. The monoisotopic (exact) mass is 554 g/mol. The third-order valence-corrected chi connectivity index (χ3v) is 7.16. The Hall–Kier alpha value is -5.62. The molecule has 0 atom stereocenters. The molecule has 0 aromatic heterocycles. The van der Waals surface area contributed by atoms with Crippen LogP contribution < -0.4 is 9.47 Å². The van der Waals surface area contributed by atoms with Gasteiger partial charge in [0.15, 0.2) is 0 Å². The van der Waals surface area contributed by atoms with E-state index < -0.39 is 0 Å². The normalized spacial score (nSPS) is 10.5. The minimum atomic E-state index is 0.526. The first-order valence-corrected chi connectivity index (χ1v) is 13.1. The quantitative estimate of drug-likeness (QED) is 0.165. The van der Waals surface area contributed by atoms with E-state index in [1.54, 1.807) is 62.8 Å². The zero-order chi connectivity index (χ0) is 29.6. The average Bonchev–Trinajstić information content (AvgIpc) is 3.07. The molecular weight excluding hydrogens is 528 g/mol. The predicted molar refractivity (Wildman–Crippen MR) is 163 cm³/mol. The first-order chi connectivity index (χ1) is 20.6. The van der Waals surface area contributed by atoms with Gasteiger partial charge in [-0.05, 0) is 22.3 Å². The molecule has 6 nitrogen and oxygen atoms in total. The van der Waals surface area contributed by atoms with Crippen LogP contribution in [0.2, 0.25) is 0 Å². The third kappa shape index (κ3) is 5.13. The van der Waals surface area contributed by atoms with Crippen molar-refractivity contribution in [2.45, 2.75) is 0 Å². The molecule has 0 heterocycles. The van der Waals surface area contributed by atoms with Crippen LogP contribution in [0.4, 0.5) is 0 Å². The van der Waals surface area contributed by atoms with Gasteiger partial charge < -0.3 is 9.47 Å². The summed E-state index contributed by atoms with van der Waals surface area (Å²) in [6, 6.07) is 28.7. The highest BCUT2D eigenvalue weighted by Gasteiger charge is 2.29. The van der Waals surface area contributed by atoms with Crippen LogP contribution in [0.3, 0.4) is 0 Å². The second-order valence-corrected chi connectivity index (χ2v) is 9.53. The maximum Gasteiger partial charge on any atom is 0.150 e. The SMILES string of the molecule is COc1c(-c2ccc(C=O)cc2)c(-c2ccc(C=O)cc2)c(OC)c(-c2ccc(C=O)cc2)c1-c1ccc(C=O)cc1. The van der Waals surface area contributed by atoms with E-state index in [-0.39, 0.29) is 0 Å². The number of hydrogen-bond acceptors (Lipinski definition) is 6. The third-order valence-electron chi connectivity index (χ3n) is 7.16. The summed E-state index contributed by atoms with van der Waals surface area (Å²) in [5.41, 5.74) is 8.08. The van der Waals surface area contributed by atoms with Gasteiger partial charge >= 0.3 is 0 Å². The molecular formula is C36H26O6. The Bertz CT molecular complexity index is 1500. The maximum absolute atomic E-state index is 11.4. The average molecular weight is 555 g/mol. The molecule has 5 aromatic rings. The molecule has 0 aliphatic rings. The summed E-state index contributed by atoms with van der Waals surface area (Å²) in [5, 5.41) is 0. The zero-order valence-corrected chi connectivity index (χ0v) is 23.0. The molecule has 0 N–H and O–H groups in total. The smallest absolute Gasteiger partial charge is 0.150 e. The highest BCUT2D eigenvalue weighted by molar-refractivity contribution is 6.06. The molecule has 0 unspecified atom stereocenters. The molecule has 0 amide bonds. The first kappa shape index (κ1) is 27.9. The van der Waals surface area contributed by atoms with Crippen molar-refractivity contribution in [3.8, 4) is 56.0 Å². The van der Waals surface area contributed by atoms with Gasteiger partial charge in [0.1, 0.15) is 36.6 Å². The number of ether oxygens (including phenoxy) is 2. The molecule has 5 aromatic carbocycles. The molecule has 0 aliphatic heterocycles. The lowest BCUT2D eigenvalue weighted by atomic mass is 9.82. The fourth-order valence-electron chi connectivity index (χ4n) is 5.13. The Labute approximate surface area is 243 Å². The fourth-order valence-corrected chi connectivity index (χ4v) is 5.13. The molecule has 5 rings (SSSR count). The topological polar surface area (TPSA) is 86.7 Å². The van der Waals surface area contributed by atoms with Crippen molar-refractivity contribution in [1.29, 1.82) is 0 Å². The molecule has 0 aliphatic carbocycles. The van der Waals surface area contributed by atoms with Crippen LogP contribution >= 0.6 is 0 Å². The van der Waals surface area contributed by atoms with E-state index in [0.717, 1.165) is 47.4 Å². The van der Waals surface area contributed by atoms with Crippen molar-refractivity contribution >= 4 is 25.1 Å². The second kappa shape index (κ2) is 12.3. The Morgan fingerprint density at radius 3 is 0.690 bits per heavy atom. The van der Waals surface area contributed by atoms with E-state index in [1.165, 1.54) is 0 Å². The first-order valence-electron chi connectivity index (χ1n) is 13.1. The predicted octanol–water partition coefficient (Wildman–Crippen LogP) is 7.62. The molecule has 206 valence electrons. The summed E-state index contributed by atoms with van der Waals surface area (Å²) in [5.74, 6) is 1.08. The highest BCUT2D eigenvalue weighted by Crippen LogP contribution is 2.56. The van der Waals surface area contributed by atoms with Gasteiger partial charge in [-0.15, -0.1) is 0 Å². The summed E-state index contributed by atoms with van der Waals surface area (Å²) in [6.45, 7) is 0. The number of hydrogen-bond donors (Lipinski definition) is 0. The van der Waals surface area contributed by atoms with E-state index in [4.69, 9.17) is 9.47 Å². The second-order valence-electron chi connectivity index (χ2n) is 9.53. The lowest BCUT2D eigenvalue weighted by Crippen LogP contribution is -2.03. The largest absolute Gasteiger partial charge is 0.495 e. The molecule has 0 saturated heterocycles. The van der Waals surface area contributed by atoms with E-state index in [9.17, 15) is 19.2 Å². The number of carbonyl (C=O) groups excluding carboxylic acids is 4. The van der Waals surface area contributed by atoms with Crippen molar-refractivity contribution in [3.05, 3.63) is 119 Å². The number of methoxy groups -OCH3 is 2. The summed E-state index contributed by atoms with van der Waals surface area (Å²) in [7, 11) is 3.18. The van der Waals surface area contributed by atoms with Crippen molar-refractivity contribution in [1.82, 2.24) is 0 Å². The summed E-state index contributed by atoms with van der Waals surface area (Å²) in [6.07, 6.45) is 3.14. The van der Waals surface area contributed by atoms with Gasteiger partial charge in [0.25, 0.3) is 0 Å². The molecule has 6 heteroatoms.